The molecular formula is C36H37F2N5O6S. The van der Waals surface area contributed by atoms with Crippen LogP contribution in [0.4, 0.5) is 8.78 Å². The number of carbonyl (C=O) groups is 5. The lowest BCUT2D eigenvalue weighted by atomic mass is 9.77. The number of rotatable bonds is 9. The van der Waals surface area contributed by atoms with Gasteiger partial charge in [-0.3, -0.25) is 33.9 Å². The molecule has 2 aromatic carbocycles. The largest absolute Gasteiger partial charge is 0.488 e. The summed E-state index contributed by atoms with van der Waals surface area (Å²) in [4.78, 5) is 77.0. The Morgan fingerprint density at radius 1 is 0.960 bits per heavy atom. The molecule has 14 heteroatoms. The average Bonchev–Trinajstić information content (AvgIpc) is 3.89. The fourth-order valence-electron chi connectivity index (χ4n) is 7.80. The monoisotopic (exact) mass is 705 g/mol. The maximum absolute atomic E-state index is 14.6. The molecule has 0 spiro atoms. The molecular weight excluding hydrogens is 668 g/mol. The standard InChI is InChI=1S/C36H37F2N5O6S/c37-30(38)17-40-32(44)23-7-1-2-8-24(23)33(45)42-15-12-21-6-5-11-28(49-22-13-14-41(18-22)36(48)29-16-39-20-50-29)31(21)27(42)19-43-34(46)25-9-3-4-10-26(25)35(43)47/h3-6,9-11,16,20,22-24,27,30H,1-2,7-8,12-15,17-19H2,(H,40,44)/t22?,23?,24?,27-/m1/s1. The van der Waals surface area contributed by atoms with Crippen molar-refractivity contribution >= 4 is 40.9 Å². The summed E-state index contributed by atoms with van der Waals surface area (Å²) >= 11 is 1.27. The predicted molar refractivity (Wildman–Crippen MR) is 178 cm³/mol. The Morgan fingerprint density at radius 3 is 2.40 bits per heavy atom. The Labute approximate surface area is 291 Å². The van der Waals surface area contributed by atoms with Crippen LogP contribution in [0.2, 0.25) is 0 Å². The molecule has 4 heterocycles. The van der Waals surface area contributed by atoms with Crippen LogP contribution in [0.15, 0.2) is 54.2 Å². The van der Waals surface area contributed by atoms with Gasteiger partial charge in [-0.1, -0.05) is 37.1 Å². The van der Waals surface area contributed by atoms with Gasteiger partial charge < -0.3 is 19.9 Å². The van der Waals surface area contributed by atoms with Crippen LogP contribution in [0.1, 0.15) is 79.7 Å². The molecule has 11 nitrogen and oxygen atoms in total. The highest BCUT2D eigenvalue weighted by atomic mass is 32.1. The van der Waals surface area contributed by atoms with Gasteiger partial charge in [-0.2, -0.15) is 0 Å². The highest BCUT2D eigenvalue weighted by Gasteiger charge is 2.45. The maximum Gasteiger partial charge on any atom is 0.265 e. The molecule has 1 aliphatic carbocycles. The lowest BCUT2D eigenvalue weighted by molar-refractivity contribution is -0.146. The summed E-state index contributed by atoms with van der Waals surface area (Å²) in [5.74, 6) is -2.95. The molecule has 5 amide bonds. The fraction of sp³-hybridized carbons (Fsp3) is 0.444. The Hall–Kier alpha value is -4.72. The van der Waals surface area contributed by atoms with Gasteiger partial charge in [-0.25, -0.2) is 8.78 Å². The fourth-order valence-corrected chi connectivity index (χ4v) is 8.39. The molecule has 3 unspecified atom stereocenters. The Balaban J connectivity index is 1.20. The number of imide groups is 1. The van der Waals surface area contributed by atoms with Gasteiger partial charge in [-0.15, -0.1) is 11.3 Å². The van der Waals surface area contributed by atoms with E-state index in [4.69, 9.17) is 4.74 Å². The first-order valence-electron chi connectivity index (χ1n) is 17.0. The van der Waals surface area contributed by atoms with Crippen LogP contribution in [0.3, 0.4) is 0 Å². The molecule has 0 radical (unpaired) electrons. The molecule has 7 rings (SSSR count). The third-order valence-corrected chi connectivity index (χ3v) is 11.0. The van der Waals surface area contributed by atoms with Crippen LogP contribution in [0.25, 0.3) is 0 Å². The number of amides is 5. The van der Waals surface area contributed by atoms with Crippen LogP contribution in [0, 0.1) is 11.8 Å². The topological polar surface area (TPSA) is 129 Å². The second-order valence-corrected chi connectivity index (χ2v) is 14.1. The number of fused-ring (bicyclic) bond motifs is 2. The van der Waals surface area contributed by atoms with Crippen molar-refractivity contribution < 1.29 is 37.5 Å². The Kier molecular flexibility index (Phi) is 9.63. The summed E-state index contributed by atoms with van der Waals surface area (Å²) in [7, 11) is 0. The van der Waals surface area contributed by atoms with Crippen LogP contribution >= 0.6 is 11.3 Å². The summed E-state index contributed by atoms with van der Waals surface area (Å²) in [5.41, 5.74) is 3.76. The highest BCUT2D eigenvalue weighted by Crippen LogP contribution is 2.42. The lowest BCUT2D eigenvalue weighted by Gasteiger charge is -2.43. The molecule has 1 saturated heterocycles. The normalized spacial score (nSPS) is 23.2. The van der Waals surface area contributed by atoms with E-state index in [1.807, 2.05) is 12.1 Å². The number of ether oxygens (including phenoxy) is 1. The van der Waals surface area contributed by atoms with Gasteiger partial charge in [0.05, 0.1) is 48.5 Å². The minimum absolute atomic E-state index is 0.117. The number of aromatic nitrogens is 1. The van der Waals surface area contributed by atoms with Crippen LogP contribution < -0.4 is 10.1 Å². The molecule has 1 aromatic heterocycles. The Bertz CT molecular complexity index is 1770. The number of halogens is 2. The predicted octanol–water partition coefficient (Wildman–Crippen LogP) is 4.35. The van der Waals surface area contributed by atoms with Crippen molar-refractivity contribution in [1.29, 1.82) is 0 Å². The molecule has 0 bridgehead atoms. The van der Waals surface area contributed by atoms with Crippen molar-refractivity contribution in [3.05, 3.63) is 81.3 Å². The third-order valence-electron chi connectivity index (χ3n) is 10.2. The third kappa shape index (κ3) is 6.48. The number of alkyl halides is 2. The average molecular weight is 706 g/mol. The summed E-state index contributed by atoms with van der Waals surface area (Å²) < 4.78 is 32.6. The summed E-state index contributed by atoms with van der Waals surface area (Å²) in [5, 5.41) is 2.31. The number of nitrogens with one attached hydrogen (secondary N) is 1. The number of likely N-dealkylation sites (tertiary alicyclic amines) is 1. The van der Waals surface area contributed by atoms with Crippen molar-refractivity contribution in [2.45, 2.75) is 57.1 Å². The minimum Gasteiger partial charge on any atom is -0.488 e. The number of carbonyl (C=O) groups excluding carboxylic acids is 5. The maximum atomic E-state index is 14.6. The van der Waals surface area contributed by atoms with Crippen molar-refractivity contribution in [2.24, 2.45) is 11.8 Å². The zero-order chi connectivity index (χ0) is 34.9. The second kappa shape index (κ2) is 14.3. The van der Waals surface area contributed by atoms with Crippen molar-refractivity contribution in [2.75, 3.05) is 32.7 Å². The molecule has 1 N–H and O–H groups in total. The van der Waals surface area contributed by atoms with Crippen molar-refractivity contribution in [1.82, 2.24) is 25.0 Å². The van der Waals surface area contributed by atoms with Gasteiger partial charge in [0.1, 0.15) is 16.7 Å². The number of hydrogen-bond donors (Lipinski definition) is 1. The van der Waals surface area contributed by atoms with Gasteiger partial charge in [0.2, 0.25) is 11.8 Å². The molecule has 50 heavy (non-hydrogen) atoms. The van der Waals surface area contributed by atoms with E-state index in [9.17, 15) is 32.8 Å². The van der Waals surface area contributed by atoms with Crippen molar-refractivity contribution in [3.63, 3.8) is 0 Å². The minimum atomic E-state index is -2.71. The SMILES string of the molecule is O=C(NCC(F)F)C1CCCCC1C(=O)N1CCc2cccc(OC3CCN(C(=O)c4cncs4)C3)c2[C@H]1CN1C(=O)c2ccccc2C1=O. The van der Waals surface area contributed by atoms with E-state index in [0.717, 1.165) is 5.56 Å². The number of benzene rings is 2. The zero-order valence-electron chi connectivity index (χ0n) is 27.3. The van der Waals surface area contributed by atoms with E-state index in [1.165, 1.54) is 16.2 Å². The molecule has 3 aliphatic heterocycles. The summed E-state index contributed by atoms with van der Waals surface area (Å²) in [6.45, 7) is 0.192. The smallest absolute Gasteiger partial charge is 0.265 e. The van der Waals surface area contributed by atoms with E-state index in [1.54, 1.807) is 51.8 Å². The molecule has 4 aliphatic rings. The van der Waals surface area contributed by atoms with Crippen molar-refractivity contribution in [3.8, 4) is 5.75 Å². The van der Waals surface area contributed by atoms with E-state index >= 15 is 0 Å². The van der Waals surface area contributed by atoms with E-state index in [-0.39, 0.29) is 42.1 Å². The summed E-state index contributed by atoms with van der Waals surface area (Å²) in [6, 6.07) is 11.4. The van der Waals surface area contributed by atoms with E-state index < -0.39 is 48.6 Å². The van der Waals surface area contributed by atoms with Crippen LogP contribution in [-0.4, -0.2) is 94.5 Å². The van der Waals surface area contributed by atoms with Gasteiger partial charge in [0, 0.05) is 36.9 Å². The van der Waals surface area contributed by atoms with Gasteiger partial charge in [0.25, 0.3) is 24.1 Å². The number of hydrogen-bond acceptors (Lipinski definition) is 8. The first kappa shape index (κ1) is 33.8. The molecule has 2 fully saturated rings. The number of nitrogens with zero attached hydrogens (tertiary/aromatic N) is 4. The highest BCUT2D eigenvalue weighted by molar-refractivity contribution is 7.11. The van der Waals surface area contributed by atoms with Crippen LogP contribution in [-0.2, 0) is 16.0 Å². The van der Waals surface area contributed by atoms with Gasteiger partial charge in [-0.05, 0) is 43.0 Å². The first-order valence-corrected chi connectivity index (χ1v) is 17.9. The van der Waals surface area contributed by atoms with E-state index in [0.29, 0.717) is 67.8 Å². The quantitative estimate of drug-likeness (QED) is 0.328. The molecule has 262 valence electrons. The van der Waals surface area contributed by atoms with Gasteiger partial charge >= 0.3 is 0 Å². The molecule has 3 aromatic rings. The molecule has 4 atom stereocenters. The molecule has 1 saturated carbocycles. The lowest BCUT2D eigenvalue weighted by Crippen LogP contribution is -2.51. The summed E-state index contributed by atoms with van der Waals surface area (Å²) in [6.07, 6.45) is 1.74. The first-order chi connectivity index (χ1) is 24.2. The van der Waals surface area contributed by atoms with Crippen LogP contribution in [0.5, 0.6) is 5.75 Å². The second-order valence-electron chi connectivity index (χ2n) is 13.2. The van der Waals surface area contributed by atoms with E-state index in [2.05, 4.69) is 10.3 Å². The van der Waals surface area contributed by atoms with Gasteiger partial charge in [0.15, 0.2) is 0 Å². The Morgan fingerprint density at radius 2 is 1.70 bits per heavy atom. The number of thiazole rings is 1. The zero-order valence-corrected chi connectivity index (χ0v) is 28.1.